The number of carbonyl (C=O) groups excluding carboxylic acids is 2. The molecule has 0 saturated carbocycles. The molecule has 4 rings (SSSR count). The van der Waals surface area contributed by atoms with Gasteiger partial charge in [0, 0.05) is 35.1 Å². The van der Waals surface area contributed by atoms with E-state index in [4.69, 9.17) is 27.6 Å². The van der Waals surface area contributed by atoms with Crippen molar-refractivity contribution >= 4 is 46.4 Å². The Labute approximate surface area is 189 Å². The number of aryl methyl sites for hydroxylation is 1. The summed E-state index contributed by atoms with van der Waals surface area (Å²) in [5, 5.41) is 3.77. The standard InChI is InChI=1S/C23H19Cl2N3O3/c1-28-18-11-12-31-21(18)20(15-5-3-2-4-6-15)27-22(23(28)30)26-19(29)10-8-14-7-9-16(24)13-17(14)25/h2-7,9,11-13,22H,8,10H2,1H3,(H,26,29). The molecule has 1 unspecified atom stereocenters. The van der Waals surface area contributed by atoms with Crippen molar-refractivity contribution in [2.45, 2.75) is 19.0 Å². The number of likely N-dealkylation sites (N-methyl/N-ethyl adjacent to an activating group) is 1. The van der Waals surface area contributed by atoms with Crippen LogP contribution < -0.4 is 10.2 Å². The topological polar surface area (TPSA) is 74.9 Å². The van der Waals surface area contributed by atoms with E-state index < -0.39 is 6.17 Å². The van der Waals surface area contributed by atoms with Gasteiger partial charge < -0.3 is 14.6 Å². The van der Waals surface area contributed by atoms with Gasteiger partial charge in [0.25, 0.3) is 5.91 Å². The second-order valence-corrected chi connectivity index (χ2v) is 7.93. The van der Waals surface area contributed by atoms with E-state index in [1.807, 2.05) is 30.3 Å². The molecule has 0 aliphatic carbocycles. The van der Waals surface area contributed by atoms with Crippen LogP contribution in [0.2, 0.25) is 10.0 Å². The summed E-state index contributed by atoms with van der Waals surface area (Å²) in [5.74, 6) is -0.189. The first-order chi connectivity index (χ1) is 14.9. The molecule has 2 heterocycles. The molecule has 1 atom stereocenters. The fourth-order valence-electron chi connectivity index (χ4n) is 3.38. The lowest BCUT2D eigenvalue weighted by Crippen LogP contribution is -2.46. The van der Waals surface area contributed by atoms with Crippen LogP contribution in [0.5, 0.6) is 0 Å². The minimum Gasteiger partial charge on any atom is -0.460 e. The van der Waals surface area contributed by atoms with Crippen molar-refractivity contribution in [3.05, 3.63) is 87.8 Å². The van der Waals surface area contributed by atoms with Crippen LogP contribution in [0.1, 0.15) is 23.3 Å². The van der Waals surface area contributed by atoms with Crippen molar-refractivity contribution in [1.29, 1.82) is 0 Å². The van der Waals surface area contributed by atoms with Gasteiger partial charge in [-0.25, -0.2) is 4.99 Å². The first kappa shape index (κ1) is 21.2. The van der Waals surface area contributed by atoms with Gasteiger partial charge in [0.15, 0.2) is 5.76 Å². The van der Waals surface area contributed by atoms with E-state index in [2.05, 4.69) is 10.3 Å². The molecule has 0 bridgehead atoms. The molecule has 1 aromatic heterocycles. The highest BCUT2D eigenvalue weighted by Gasteiger charge is 2.32. The number of amides is 2. The molecule has 0 spiro atoms. The predicted octanol–water partition coefficient (Wildman–Crippen LogP) is 4.48. The number of anilines is 1. The molecule has 1 N–H and O–H groups in total. The van der Waals surface area contributed by atoms with Crippen LogP contribution in [0.4, 0.5) is 5.69 Å². The average Bonchev–Trinajstić information content (AvgIpc) is 3.22. The Kier molecular flexibility index (Phi) is 6.11. The number of carbonyl (C=O) groups is 2. The van der Waals surface area contributed by atoms with Gasteiger partial charge >= 0.3 is 0 Å². The van der Waals surface area contributed by atoms with Gasteiger partial charge in [-0.1, -0.05) is 59.6 Å². The summed E-state index contributed by atoms with van der Waals surface area (Å²) in [6, 6.07) is 16.2. The van der Waals surface area contributed by atoms with Crippen molar-refractivity contribution in [3.8, 4) is 0 Å². The molecule has 0 saturated heterocycles. The highest BCUT2D eigenvalue weighted by atomic mass is 35.5. The zero-order valence-electron chi connectivity index (χ0n) is 16.6. The third-order valence-corrected chi connectivity index (χ3v) is 5.61. The molecule has 6 nitrogen and oxygen atoms in total. The molecule has 2 aromatic carbocycles. The summed E-state index contributed by atoms with van der Waals surface area (Å²) in [5.41, 5.74) is 2.69. The second kappa shape index (κ2) is 8.96. The van der Waals surface area contributed by atoms with E-state index >= 15 is 0 Å². The highest BCUT2D eigenvalue weighted by Crippen LogP contribution is 2.28. The molecule has 3 aromatic rings. The zero-order chi connectivity index (χ0) is 22.0. The van der Waals surface area contributed by atoms with E-state index in [9.17, 15) is 9.59 Å². The maximum absolute atomic E-state index is 13.0. The lowest BCUT2D eigenvalue weighted by atomic mass is 10.1. The molecule has 0 radical (unpaired) electrons. The Bertz CT molecular complexity index is 1160. The largest absolute Gasteiger partial charge is 0.460 e. The van der Waals surface area contributed by atoms with Crippen LogP contribution in [-0.4, -0.2) is 30.7 Å². The zero-order valence-corrected chi connectivity index (χ0v) is 18.2. The molecule has 1 aliphatic rings. The number of rotatable bonds is 5. The van der Waals surface area contributed by atoms with Crippen LogP contribution in [0.25, 0.3) is 0 Å². The number of nitrogens with zero attached hydrogens (tertiary/aromatic N) is 2. The van der Waals surface area contributed by atoms with E-state index in [1.165, 1.54) is 11.2 Å². The van der Waals surface area contributed by atoms with Crippen LogP contribution >= 0.6 is 23.2 Å². The van der Waals surface area contributed by atoms with Crippen molar-refractivity contribution in [2.75, 3.05) is 11.9 Å². The average molecular weight is 456 g/mol. The second-order valence-electron chi connectivity index (χ2n) is 7.08. The number of hydrogen-bond donors (Lipinski definition) is 1. The highest BCUT2D eigenvalue weighted by molar-refractivity contribution is 6.35. The lowest BCUT2D eigenvalue weighted by Gasteiger charge is -2.19. The Morgan fingerprint density at radius 2 is 1.94 bits per heavy atom. The van der Waals surface area contributed by atoms with Crippen molar-refractivity contribution in [2.24, 2.45) is 4.99 Å². The number of benzene rings is 2. The normalized spacial score (nSPS) is 15.8. The number of nitrogens with one attached hydrogen (secondary N) is 1. The van der Waals surface area contributed by atoms with Gasteiger partial charge in [-0.15, -0.1) is 0 Å². The van der Waals surface area contributed by atoms with Gasteiger partial charge in [0.1, 0.15) is 5.71 Å². The van der Waals surface area contributed by atoms with Gasteiger partial charge in [-0.05, 0) is 24.1 Å². The quantitative estimate of drug-likeness (QED) is 0.616. The Balaban J connectivity index is 1.57. The fourth-order valence-corrected chi connectivity index (χ4v) is 3.88. The van der Waals surface area contributed by atoms with E-state index in [1.54, 1.807) is 31.3 Å². The minimum atomic E-state index is -1.07. The molecule has 31 heavy (non-hydrogen) atoms. The van der Waals surface area contributed by atoms with Gasteiger partial charge in [-0.2, -0.15) is 0 Å². The van der Waals surface area contributed by atoms with Crippen LogP contribution in [0, 0.1) is 0 Å². The van der Waals surface area contributed by atoms with E-state index in [-0.39, 0.29) is 18.2 Å². The first-order valence-corrected chi connectivity index (χ1v) is 10.4. The summed E-state index contributed by atoms with van der Waals surface area (Å²) in [6.07, 6.45) is 1.00. The van der Waals surface area contributed by atoms with Crippen molar-refractivity contribution < 1.29 is 14.0 Å². The van der Waals surface area contributed by atoms with Gasteiger partial charge in [0.2, 0.25) is 12.1 Å². The molecule has 158 valence electrons. The SMILES string of the molecule is CN1C(=O)C(NC(=O)CCc2ccc(Cl)cc2Cl)N=C(c2ccccc2)c2occc21. The third kappa shape index (κ3) is 4.50. The van der Waals surface area contributed by atoms with Crippen molar-refractivity contribution in [3.63, 3.8) is 0 Å². The molecule has 1 aliphatic heterocycles. The van der Waals surface area contributed by atoms with Crippen LogP contribution in [0.15, 0.2) is 70.3 Å². The molecule has 2 amide bonds. The smallest absolute Gasteiger partial charge is 0.272 e. The number of hydrogen-bond acceptors (Lipinski definition) is 4. The third-order valence-electron chi connectivity index (χ3n) is 5.03. The maximum atomic E-state index is 13.0. The predicted molar refractivity (Wildman–Crippen MR) is 121 cm³/mol. The Hall–Kier alpha value is -3.09. The van der Waals surface area contributed by atoms with E-state index in [0.717, 1.165) is 11.1 Å². The van der Waals surface area contributed by atoms with Crippen LogP contribution in [0.3, 0.4) is 0 Å². The van der Waals surface area contributed by atoms with Gasteiger partial charge in [0.05, 0.1) is 12.0 Å². The summed E-state index contributed by atoms with van der Waals surface area (Å²) < 4.78 is 5.64. The summed E-state index contributed by atoms with van der Waals surface area (Å²) in [4.78, 5) is 31.7. The van der Waals surface area contributed by atoms with Crippen molar-refractivity contribution in [1.82, 2.24) is 5.32 Å². The summed E-state index contributed by atoms with van der Waals surface area (Å²) in [7, 11) is 1.63. The summed E-state index contributed by atoms with van der Waals surface area (Å²) >= 11 is 12.1. The number of halogens is 2. The molecular formula is C23H19Cl2N3O3. The number of aliphatic imine (C=N–C) groups is 1. The monoisotopic (exact) mass is 455 g/mol. The first-order valence-electron chi connectivity index (χ1n) is 9.66. The van der Waals surface area contributed by atoms with Crippen LogP contribution in [-0.2, 0) is 16.0 Å². The molecular weight excluding hydrogens is 437 g/mol. The lowest BCUT2D eigenvalue weighted by molar-refractivity contribution is -0.127. The van der Waals surface area contributed by atoms with E-state index in [0.29, 0.717) is 33.6 Å². The van der Waals surface area contributed by atoms with Gasteiger partial charge in [-0.3, -0.25) is 9.59 Å². The Morgan fingerprint density at radius 1 is 1.16 bits per heavy atom. The number of fused-ring (bicyclic) bond motifs is 1. The molecule has 0 fully saturated rings. The maximum Gasteiger partial charge on any atom is 0.272 e. The minimum absolute atomic E-state index is 0.147. The molecule has 8 heteroatoms. The Morgan fingerprint density at radius 3 is 2.68 bits per heavy atom. The number of furan rings is 1. The fraction of sp³-hybridized carbons (Fsp3) is 0.174. The summed E-state index contributed by atoms with van der Waals surface area (Å²) in [6.45, 7) is 0.